The van der Waals surface area contributed by atoms with E-state index < -0.39 is 18.1 Å². The smallest absolute Gasteiger partial charge is 0.407 e. The summed E-state index contributed by atoms with van der Waals surface area (Å²) in [5, 5.41) is 12.1. The molecule has 2 aliphatic rings. The van der Waals surface area contributed by atoms with Crippen LogP contribution in [0.3, 0.4) is 0 Å². The van der Waals surface area contributed by atoms with Crippen molar-refractivity contribution in [3.8, 4) is 11.1 Å². The van der Waals surface area contributed by atoms with Crippen LogP contribution in [0, 0.1) is 5.92 Å². The van der Waals surface area contributed by atoms with Gasteiger partial charge < -0.3 is 20.1 Å². The maximum atomic E-state index is 12.8. The van der Waals surface area contributed by atoms with Crippen molar-refractivity contribution in [1.29, 1.82) is 0 Å². The molecule has 2 aromatic rings. The average Bonchev–Trinajstić information content (AvgIpc) is 3.40. The molecular weight excluding hydrogens is 420 g/mol. The number of nitrogens with zero attached hydrogens (tertiary/aromatic N) is 1. The summed E-state index contributed by atoms with van der Waals surface area (Å²) < 4.78 is 5.61. The summed E-state index contributed by atoms with van der Waals surface area (Å²) in [6.07, 6.45) is 1.29. The molecular formula is C26H30N2O5. The number of aliphatic carboxylic acids is 1. The van der Waals surface area contributed by atoms with Crippen LogP contribution in [0.5, 0.6) is 0 Å². The molecule has 0 heterocycles. The highest BCUT2D eigenvalue weighted by molar-refractivity contribution is 5.85. The zero-order valence-corrected chi connectivity index (χ0v) is 19.0. The van der Waals surface area contributed by atoms with Crippen molar-refractivity contribution >= 4 is 18.0 Å². The molecule has 2 aliphatic carbocycles. The second-order valence-electron chi connectivity index (χ2n) is 8.82. The van der Waals surface area contributed by atoms with Gasteiger partial charge in [0, 0.05) is 24.4 Å². The highest BCUT2D eigenvalue weighted by Crippen LogP contribution is 2.44. The fourth-order valence-corrected chi connectivity index (χ4v) is 5.13. The first kappa shape index (κ1) is 22.8. The van der Waals surface area contributed by atoms with E-state index in [1.807, 2.05) is 24.3 Å². The topological polar surface area (TPSA) is 95.9 Å². The maximum absolute atomic E-state index is 12.8. The summed E-state index contributed by atoms with van der Waals surface area (Å²) in [6.45, 7) is 3.88. The standard InChI is InChI=1S/C26H30N2O5/c1-3-28(16(2)25(30)31)24(29)17-12-13-18(14-17)27-26(32)33-15-23-21-10-6-4-8-19(21)20-9-5-7-11-22(20)23/h4-11,16-18,23H,3,12-15H2,1-2H3,(H,27,32)(H,30,31). The third-order valence-corrected chi connectivity index (χ3v) is 6.90. The number of benzene rings is 2. The lowest BCUT2D eigenvalue weighted by Gasteiger charge is -2.27. The Hall–Kier alpha value is -3.35. The Kier molecular flexibility index (Phi) is 6.67. The van der Waals surface area contributed by atoms with Gasteiger partial charge in [-0.1, -0.05) is 48.5 Å². The molecule has 2 amide bonds. The predicted molar refractivity (Wildman–Crippen MR) is 124 cm³/mol. The summed E-state index contributed by atoms with van der Waals surface area (Å²) in [6, 6.07) is 15.3. The normalized spacial score (nSPS) is 19.9. The van der Waals surface area contributed by atoms with E-state index in [1.54, 1.807) is 6.92 Å². The molecule has 0 radical (unpaired) electrons. The minimum atomic E-state index is -1.02. The lowest BCUT2D eigenvalue weighted by Crippen LogP contribution is -2.45. The lowest BCUT2D eigenvalue weighted by molar-refractivity contribution is -0.151. The third-order valence-electron chi connectivity index (χ3n) is 6.90. The van der Waals surface area contributed by atoms with E-state index >= 15 is 0 Å². The molecule has 0 spiro atoms. The molecule has 0 saturated heterocycles. The molecule has 2 N–H and O–H groups in total. The van der Waals surface area contributed by atoms with Gasteiger partial charge in [-0.2, -0.15) is 0 Å². The summed E-state index contributed by atoms with van der Waals surface area (Å²) in [5.41, 5.74) is 4.67. The van der Waals surface area contributed by atoms with Gasteiger partial charge in [0.15, 0.2) is 0 Å². The molecule has 7 nitrogen and oxygen atoms in total. The Balaban J connectivity index is 1.33. The van der Waals surface area contributed by atoms with E-state index in [0.717, 1.165) is 11.1 Å². The largest absolute Gasteiger partial charge is 0.480 e. The molecule has 1 fully saturated rings. The fraction of sp³-hybridized carbons (Fsp3) is 0.423. The van der Waals surface area contributed by atoms with Crippen LogP contribution in [0.2, 0.25) is 0 Å². The van der Waals surface area contributed by atoms with Crippen molar-refractivity contribution in [3.63, 3.8) is 0 Å². The van der Waals surface area contributed by atoms with Crippen molar-refractivity contribution in [2.75, 3.05) is 13.2 Å². The SMILES string of the molecule is CCN(C(=O)C1CCC(NC(=O)OCC2c3ccccc3-c3ccccc32)C1)C(C)C(=O)O. The van der Waals surface area contributed by atoms with E-state index in [4.69, 9.17) is 4.74 Å². The van der Waals surface area contributed by atoms with Gasteiger partial charge in [0.1, 0.15) is 12.6 Å². The van der Waals surface area contributed by atoms with Crippen LogP contribution < -0.4 is 5.32 Å². The predicted octanol–water partition coefficient (Wildman–Crippen LogP) is 4.02. The van der Waals surface area contributed by atoms with Crippen LogP contribution >= 0.6 is 0 Å². The van der Waals surface area contributed by atoms with Crippen molar-refractivity contribution in [1.82, 2.24) is 10.2 Å². The second kappa shape index (κ2) is 9.65. The van der Waals surface area contributed by atoms with E-state index in [-0.39, 0.29) is 30.4 Å². The number of carboxylic acid groups (broad SMARTS) is 1. The number of carboxylic acids is 1. The number of hydrogen-bond acceptors (Lipinski definition) is 4. The van der Waals surface area contributed by atoms with E-state index in [2.05, 4.69) is 29.6 Å². The summed E-state index contributed by atoms with van der Waals surface area (Å²) in [5.74, 6) is -1.47. The molecule has 2 aromatic carbocycles. The Bertz CT molecular complexity index is 1010. The number of amides is 2. The Labute approximate surface area is 193 Å². The highest BCUT2D eigenvalue weighted by atomic mass is 16.5. The van der Waals surface area contributed by atoms with Crippen LogP contribution in [0.4, 0.5) is 4.79 Å². The third kappa shape index (κ3) is 4.58. The number of carbonyl (C=O) groups is 3. The van der Waals surface area contributed by atoms with Gasteiger partial charge in [-0.05, 0) is 55.4 Å². The fourth-order valence-electron chi connectivity index (χ4n) is 5.13. The first-order valence-electron chi connectivity index (χ1n) is 11.6. The zero-order valence-electron chi connectivity index (χ0n) is 19.0. The monoisotopic (exact) mass is 450 g/mol. The number of hydrogen-bond donors (Lipinski definition) is 2. The van der Waals surface area contributed by atoms with Crippen molar-refractivity contribution < 1.29 is 24.2 Å². The summed E-state index contributed by atoms with van der Waals surface area (Å²) in [7, 11) is 0. The summed E-state index contributed by atoms with van der Waals surface area (Å²) >= 11 is 0. The number of ether oxygens (including phenoxy) is 1. The highest BCUT2D eigenvalue weighted by Gasteiger charge is 2.36. The number of likely N-dealkylation sites (N-methyl/N-ethyl adjacent to an activating group) is 1. The van der Waals surface area contributed by atoms with Gasteiger partial charge in [-0.15, -0.1) is 0 Å². The van der Waals surface area contributed by atoms with Gasteiger partial charge in [-0.25, -0.2) is 9.59 Å². The lowest BCUT2D eigenvalue weighted by atomic mass is 9.98. The van der Waals surface area contributed by atoms with E-state index in [9.17, 15) is 19.5 Å². The average molecular weight is 451 g/mol. The number of rotatable bonds is 7. The number of nitrogens with one attached hydrogen (secondary N) is 1. The zero-order chi connectivity index (χ0) is 23.5. The number of fused-ring (bicyclic) bond motifs is 3. The summed E-state index contributed by atoms with van der Waals surface area (Å²) in [4.78, 5) is 38.0. The first-order valence-corrected chi connectivity index (χ1v) is 11.6. The van der Waals surface area contributed by atoms with Gasteiger partial charge in [-0.3, -0.25) is 4.79 Å². The molecule has 0 aliphatic heterocycles. The second-order valence-corrected chi connectivity index (χ2v) is 8.82. The Morgan fingerprint density at radius 2 is 1.67 bits per heavy atom. The number of alkyl carbamates (subject to hydrolysis) is 1. The van der Waals surface area contributed by atoms with Gasteiger partial charge >= 0.3 is 12.1 Å². The van der Waals surface area contributed by atoms with Crippen LogP contribution in [0.1, 0.15) is 50.2 Å². The van der Waals surface area contributed by atoms with Crippen molar-refractivity contribution in [2.45, 2.75) is 51.1 Å². The Morgan fingerprint density at radius 1 is 1.06 bits per heavy atom. The minimum Gasteiger partial charge on any atom is -0.480 e. The van der Waals surface area contributed by atoms with Crippen LogP contribution in [-0.2, 0) is 14.3 Å². The molecule has 7 heteroatoms. The van der Waals surface area contributed by atoms with Crippen LogP contribution in [-0.4, -0.2) is 53.2 Å². The van der Waals surface area contributed by atoms with Crippen molar-refractivity contribution in [3.05, 3.63) is 59.7 Å². The molecule has 0 bridgehead atoms. The Morgan fingerprint density at radius 3 is 2.24 bits per heavy atom. The van der Waals surface area contributed by atoms with E-state index in [1.165, 1.54) is 23.0 Å². The first-order chi connectivity index (χ1) is 15.9. The molecule has 4 rings (SSSR count). The van der Waals surface area contributed by atoms with Crippen LogP contribution in [0.15, 0.2) is 48.5 Å². The quantitative estimate of drug-likeness (QED) is 0.664. The molecule has 33 heavy (non-hydrogen) atoms. The molecule has 3 unspecified atom stereocenters. The van der Waals surface area contributed by atoms with E-state index in [0.29, 0.717) is 25.8 Å². The molecule has 1 saturated carbocycles. The maximum Gasteiger partial charge on any atom is 0.407 e. The molecule has 174 valence electrons. The van der Waals surface area contributed by atoms with Gasteiger partial charge in [0.05, 0.1) is 0 Å². The minimum absolute atomic E-state index is 0.00308. The van der Waals surface area contributed by atoms with Crippen molar-refractivity contribution in [2.24, 2.45) is 5.92 Å². The number of carbonyl (C=O) groups excluding carboxylic acids is 2. The van der Waals surface area contributed by atoms with Gasteiger partial charge in [0.25, 0.3) is 0 Å². The van der Waals surface area contributed by atoms with Gasteiger partial charge in [0.2, 0.25) is 5.91 Å². The van der Waals surface area contributed by atoms with Crippen LogP contribution in [0.25, 0.3) is 11.1 Å². The molecule has 0 aromatic heterocycles. The molecule has 3 atom stereocenters.